The first-order valence-electron chi connectivity index (χ1n) is 7.17. The van der Waals surface area contributed by atoms with Crippen molar-refractivity contribution < 1.29 is 14.3 Å². The van der Waals surface area contributed by atoms with Crippen LogP contribution in [-0.2, 0) is 6.54 Å². The number of rotatable bonds is 2. The fourth-order valence-corrected chi connectivity index (χ4v) is 3.08. The van der Waals surface area contributed by atoms with Crippen LogP contribution in [0.3, 0.4) is 0 Å². The van der Waals surface area contributed by atoms with E-state index >= 15 is 0 Å². The average Bonchev–Trinajstić information content (AvgIpc) is 2.46. The van der Waals surface area contributed by atoms with Gasteiger partial charge in [-0.25, -0.2) is 4.79 Å². The third-order valence-electron chi connectivity index (χ3n) is 4.04. The minimum absolute atomic E-state index is 0.345. The van der Waals surface area contributed by atoms with Crippen molar-refractivity contribution in [3.63, 3.8) is 0 Å². The highest BCUT2D eigenvalue weighted by Crippen LogP contribution is 2.39. The Kier molecular flexibility index (Phi) is 3.89. The second-order valence-corrected chi connectivity index (χ2v) is 6.22. The van der Waals surface area contributed by atoms with Crippen LogP contribution >= 0.6 is 11.6 Å². The summed E-state index contributed by atoms with van der Waals surface area (Å²) in [6.45, 7) is 6.68. The minimum atomic E-state index is -0.466. The number of ether oxygens (including phenoxy) is 1. The molecule has 1 aromatic carbocycles. The molecule has 6 heteroatoms. The molecule has 0 saturated heterocycles. The molecule has 5 nitrogen and oxygen atoms in total. The molecule has 0 spiro atoms. The van der Waals surface area contributed by atoms with E-state index in [0.29, 0.717) is 41.7 Å². The van der Waals surface area contributed by atoms with Crippen molar-refractivity contribution in [3.8, 4) is 5.75 Å². The highest BCUT2D eigenvalue weighted by atomic mass is 35.5. The Labute approximate surface area is 133 Å². The molecule has 2 heterocycles. The van der Waals surface area contributed by atoms with Crippen LogP contribution in [0.4, 0.5) is 0 Å². The van der Waals surface area contributed by atoms with E-state index < -0.39 is 6.10 Å². The second-order valence-electron chi connectivity index (χ2n) is 5.82. The van der Waals surface area contributed by atoms with Crippen LogP contribution < -0.4 is 10.4 Å². The van der Waals surface area contributed by atoms with Crippen molar-refractivity contribution in [2.75, 3.05) is 13.3 Å². The standard InChI is InChI=1S/C16H18ClNO4/c1-8(19)5-18-6-12-14-11(4-13(17)15(12)21-7-18)9(2)10(3)16(20)22-14/h4,8,19H,5-7H2,1-3H3/t8-/m1/s1. The molecular formula is C16H18ClNO4. The maximum atomic E-state index is 12.0. The van der Waals surface area contributed by atoms with E-state index in [4.69, 9.17) is 20.8 Å². The van der Waals surface area contributed by atoms with Crippen molar-refractivity contribution >= 4 is 22.6 Å². The fourth-order valence-electron chi connectivity index (χ4n) is 2.80. The molecule has 1 atom stereocenters. The molecule has 1 aliphatic heterocycles. The van der Waals surface area contributed by atoms with Gasteiger partial charge < -0.3 is 14.3 Å². The van der Waals surface area contributed by atoms with E-state index in [2.05, 4.69) is 0 Å². The number of hydrogen-bond donors (Lipinski definition) is 1. The minimum Gasteiger partial charge on any atom is -0.476 e. The van der Waals surface area contributed by atoms with Gasteiger partial charge in [-0.05, 0) is 32.4 Å². The smallest absolute Gasteiger partial charge is 0.339 e. The number of halogens is 1. The third-order valence-corrected chi connectivity index (χ3v) is 4.32. The summed E-state index contributed by atoms with van der Waals surface area (Å²) < 4.78 is 11.2. The first-order valence-corrected chi connectivity index (χ1v) is 7.55. The van der Waals surface area contributed by atoms with Crippen molar-refractivity contribution in [2.45, 2.75) is 33.4 Å². The van der Waals surface area contributed by atoms with Crippen molar-refractivity contribution in [2.24, 2.45) is 0 Å². The van der Waals surface area contributed by atoms with Crippen LogP contribution in [-0.4, -0.2) is 29.4 Å². The Balaban J connectivity index is 2.21. The van der Waals surface area contributed by atoms with Gasteiger partial charge in [0.1, 0.15) is 18.1 Å². The van der Waals surface area contributed by atoms with Gasteiger partial charge in [-0.15, -0.1) is 0 Å². The first-order chi connectivity index (χ1) is 10.4. The average molecular weight is 324 g/mol. The molecule has 0 saturated carbocycles. The third kappa shape index (κ3) is 2.49. The van der Waals surface area contributed by atoms with E-state index in [9.17, 15) is 9.90 Å². The normalized spacial score (nSPS) is 16.4. The highest BCUT2D eigenvalue weighted by Gasteiger charge is 2.25. The van der Waals surface area contributed by atoms with Gasteiger partial charge in [-0.2, -0.15) is 0 Å². The summed E-state index contributed by atoms with van der Waals surface area (Å²) in [4.78, 5) is 13.9. The lowest BCUT2D eigenvalue weighted by Gasteiger charge is -2.30. The molecule has 0 fully saturated rings. The summed E-state index contributed by atoms with van der Waals surface area (Å²) in [5.41, 5.74) is 2.38. The van der Waals surface area contributed by atoms with Crippen LogP contribution in [0.25, 0.3) is 11.0 Å². The number of aliphatic hydroxyl groups is 1. The van der Waals surface area contributed by atoms with Crippen molar-refractivity contribution in [1.29, 1.82) is 0 Å². The molecule has 0 bridgehead atoms. The van der Waals surface area contributed by atoms with E-state index in [-0.39, 0.29) is 5.63 Å². The fraction of sp³-hybridized carbons (Fsp3) is 0.438. The lowest BCUT2D eigenvalue weighted by molar-refractivity contribution is 0.0504. The molecule has 1 aromatic heterocycles. The zero-order valence-corrected chi connectivity index (χ0v) is 13.5. The number of nitrogens with zero attached hydrogens (tertiary/aromatic N) is 1. The zero-order valence-electron chi connectivity index (χ0n) is 12.8. The summed E-state index contributed by atoms with van der Waals surface area (Å²) in [6.07, 6.45) is -0.466. The Morgan fingerprint density at radius 1 is 1.41 bits per heavy atom. The quantitative estimate of drug-likeness (QED) is 0.861. The lowest BCUT2D eigenvalue weighted by Crippen LogP contribution is -2.37. The van der Waals surface area contributed by atoms with Gasteiger partial charge in [0.25, 0.3) is 0 Å². The van der Waals surface area contributed by atoms with Gasteiger partial charge in [0.2, 0.25) is 0 Å². The molecule has 3 rings (SSSR count). The maximum Gasteiger partial charge on any atom is 0.339 e. The SMILES string of the molecule is Cc1c(C)c2cc(Cl)c3c(c2oc1=O)CN(C[C@@H](C)O)CO3. The molecule has 1 aliphatic rings. The van der Waals surface area contributed by atoms with Gasteiger partial charge >= 0.3 is 5.63 Å². The molecule has 0 unspecified atom stereocenters. The largest absolute Gasteiger partial charge is 0.476 e. The van der Waals surface area contributed by atoms with E-state index in [0.717, 1.165) is 16.5 Å². The monoisotopic (exact) mass is 323 g/mol. The predicted molar refractivity (Wildman–Crippen MR) is 84.6 cm³/mol. The number of hydrogen-bond acceptors (Lipinski definition) is 5. The topological polar surface area (TPSA) is 62.9 Å². The Morgan fingerprint density at radius 2 is 2.14 bits per heavy atom. The molecule has 2 aromatic rings. The molecule has 22 heavy (non-hydrogen) atoms. The zero-order chi connectivity index (χ0) is 16.0. The number of aliphatic hydroxyl groups excluding tert-OH is 1. The van der Waals surface area contributed by atoms with Crippen LogP contribution in [0.2, 0.25) is 5.02 Å². The Morgan fingerprint density at radius 3 is 2.82 bits per heavy atom. The summed E-state index contributed by atoms with van der Waals surface area (Å²) >= 11 is 6.33. The Hall–Kier alpha value is -1.56. The van der Waals surface area contributed by atoms with E-state index in [1.807, 2.05) is 11.8 Å². The molecule has 1 N–H and O–H groups in total. The summed E-state index contributed by atoms with van der Waals surface area (Å²) in [5.74, 6) is 0.558. The van der Waals surface area contributed by atoms with Gasteiger partial charge in [-0.1, -0.05) is 11.6 Å². The van der Waals surface area contributed by atoms with Crippen LogP contribution in [0.15, 0.2) is 15.3 Å². The maximum absolute atomic E-state index is 12.0. The van der Waals surface area contributed by atoms with Crippen LogP contribution in [0, 0.1) is 13.8 Å². The van der Waals surface area contributed by atoms with E-state index in [1.54, 1.807) is 19.9 Å². The molecule has 0 radical (unpaired) electrons. The molecular weight excluding hydrogens is 306 g/mol. The predicted octanol–water partition coefficient (Wildman–Crippen LogP) is 2.60. The summed E-state index contributed by atoms with van der Waals surface area (Å²) in [6, 6.07) is 1.78. The number of fused-ring (bicyclic) bond motifs is 3. The summed E-state index contributed by atoms with van der Waals surface area (Å²) in [7, 11) is 0. The van der Waals surface area contributed by atoms with Gasteiger partial charge in [0.05, 0.1) is 16.7 Å². The molecule has 0 amide bonds. The van der Waals surface area contributed by atoms with Crippen LogP contribution in [0.5, 0.6) is 5.75 Å². The Bertz CT molecular complexity index is 797. The number of aryl methyl sites for hydroxylation is 1. The first kappa shape index (κ1) is 15.3. The number of β-amino-alcohol motifs (C(OH)–C–C–N with tert-alkyl or cyclic N) is 1. The van der Waals surface area contributed by atoms with E-state index in [1.165, 1.54) is 0 Å². The lowest BCUT2D eigenvalue weighted by atomic mass is 10.0. The van der Waals surface area contributed by atoms with Crippen LogP contribution in [0.1, 0.15) is 23.6 Å². The van der Waals surface area contributed by atoms with Gasteiger partial charge in [0.15, 0.2) is 0 Å². The summed E-state index contributed by atoms with van der Waals surface area (Å²) in [5, 5.41) is 10.9. The van der Waals surface area contributed by atoms with Crippen molar-refractivity contribution in [1.82, 2.24) is 4.90 Å². The van der Waals surface area contributed by atoms with Gasteiger partial charge in [-0.3, -0.25) is 4.90 Å². The molecule has 118 valence electrons. The second kappa shape index (κ2) is 5.57. The van der Waals surface area contributed by atoms with Gasteiger partial charge in [0, 0.05) is 24.0 Å². The number of benzene rings is 1. The van der Waals surface area contributed by atoms with Crippen molar-refractivity contribution in [3.05, 3.63) is 38.2 Å². The molecule has 0 aliphatic carbocycles. The highest BCUT2D eigenvalue weighted by molar-refractivity contribution is 6.33.